The number of amides is 2. The van der Waals surface area contributed by atoms with Crippen molar-refractivity contribution < 1.29 is 14.0 Å². The van der Waals surface area contributed by atoms with E-state index in [9.17, 15) is 14.0 Å². The van der Waals surface area contributed by atoms with Crippen molar-refractivity contribution in [1.82, 2.24) is 9.88 Å². The van der Waals surface area contributed by atoms with Gasteiger partial charge in [0.15, 0.2) is 0 Å². The molecule has 0 unspecified atom stereocenters. The van der Waals surface area contributed by atoms with Crippen LogP contribution in [-0.4, -0.2) is 16.4 Å². The van der Waals surface area contributed by atoms with Gasteiger partial charge in [0.1, 0.15) is 5.82 Å². The standard InChI is InChI=1S/C25H17FN2O2/c26-18-12-10-17(11-13-18)22-23(25(30)27-24(22)29)20-15-28(14-16-6-2-1-3-7-16)21-9-5-4-8-19(20)21/h1-13,15H,14H2,(H,27,29,30). The zero-order valence-electron chi connectivity index (χ0n) is 15.9. The van der Waals surface area contributed by atoms with Crippen LogP contribution in [0.2, 0.25) is 0 Å². The Kier molecular flexibility index (Phi) is 4.29. The Balaban J connectivity index is 1.72. The fourth-order valence-corrected chi connectivity index (χ4v) is 3.96. The summed E-state index contributed by atoms with van der Waals surface area (Å²) in [7, 11) is 0. The highest BCUT2D eigenvalue weighted by molar-refractivity contribution is 6.50. The molecule has 0 atom stereocenters. The highest BCUT2D eigenvalue weighted by Crippen LogP contribution is 2.36. The van der Waals surface area contributed by atoms with Gasteiger partial charge in [-0.05, 0) is 29.3 Å². The van der Waals surface area contributed by atoms with Gasteiger partial charge in [0, 0.05) is 29.2 Å². The van der Waals surface area contributed by atoms with Crippen molar-refractivity contribution in [3.05, 3.63) is 108 Å². The molecule has 5 rings (SSSR count). The van der Waals surface area contributed by atoms with E-state index in [0.29, 0.717) is 23.2 Å². The van der Waals surface area contributed by atoms with Crippen LogP contribution in [0, 0.1) is 5.82 Å². The number of aromatic nitrogens is 1. The van der Waals surface area contributed by atoms with Crippen LogP contribution in [0.3, 0.4) is 0 Å². The lowest BCUT2D eigenvalue weighted by Gasteiger charge is -2.05. The van der Waals surface area contributed by atoms with E-state index in [4.69, 9.17) is 0 Å². The summed E-state index contributed by atoms with van der Waals surface area (Å²) in [6, 6.07) is 23.4. The smallest absolute Gasteiger partial charge is 0.259 e. The molecule has 1 N–H and O–H groups in total. The van der Waals surface area contributed by atoms with E-state index in [1.165, 1.54) is 24.3 Å². The number of carbonyl (C=O) groups excluding carboxylic acids is 2. The van der Waals surface area contributed by atoms with Gasteiger partial charge < -0.3 is 4.57 Å². The number of hydrogen-bond donors (Lipinski definition) is 1. The third-order valence-corrected chi connectivity index (χ3v) is 5.32. The minimum Gasteiger partial charge on any atom is -0.342 e. The molecule has 5 heteroatoms. The molecule has 30 heavy (non-hydrogen) atoms. The van der Waals surface area contributed by atoms with Gasteiger partial charge >= 0.3 is 0 Å². The lowest BCUT2D eigenvalue weighted by atomic mass is 9.96. The molecule has 0 spiro atoms. The van der Waals surface area contributed by atoms with Crippen LogP contribution in [0.4, 0.5) is 4.39 Å². The predicted molar refractivity (Wildman–Crippen MR) is 114 cm³/mol. The predicted octanol–water partition coefficient (Wildman–Crippen LogP) is 4.40. The Hall–Kier alpha value is -3.99. The van der Waals surface area contributed by atoms with E-state index < -0.39 is 17.6 Å². The molecule has 4 nitrogen and oxygen atoms in total. The molecule has 1 aromatic heterocycles. The molecule has 0 radical (unpaired) electrons. The largest absolute Gasteiger partial charge is 0.342 e. The van der Waals surface area contributed by atoms with Crippen LogP contribution < -0.4 is 5.32 Å². The molecule has 2 amide bonds. The Bertz CT molecular complexity index is 1320. The monoisotopic (exact) mass is 396 g/mol. The van der Waals surface area contributed by atoms with E-state index in [2.05, 4.69) is 9.88 Å². The van der Waals surface area contributed by atoms with Crippen molar-refractivity contribution in [3.63, 3.8) is 0 Å². The number of benzene rings is 3. The molecular weight excluding hydrogens is 379 g/mol. The summed E-state index contributed by atoms with van der Waals surface area (Å²) in [4.78, 5) is 25.4. The summed E-state index contributed by atoms with van der Waals surface area (Å²) >= 11 is 0. The third-order valence-electron chi connectivity index (χ3n) is 5.32. The molecule has 0 bridgehead atoms. The number of carbonyl (C=O) groups is 2. The van der Waals surface area contributed by atoms with Crippen molar-refractivity contribution in [2.24, 2.45) is 0 Å². The fraction of sp³-hybridized carbons (Fsp3) is 0.0400. The first-order chi connectivity index (χ1) is 14.6. The Labute approximate surface area is 172 Å². The maximum absolute atomic E-state index is 13.4. The highest BCUT2D eigenvalue weighted by atomic mass is 19.1. The number of hydrogen-bond acceptors (Lipinski definition) is 2. The fourth-order valence-electron chi connectivity index (χ4n) is 3.96. The van der Waals surface area contributed by atoms with Gasteiger partial charge in [-0.15, -0.1) is 0 Å². The molecule has 0 saturated heterocycles. The second-order valence-corrected chi connectivity index (χ2v) is 7.21. The van der Waals surface area contributed by atoms with E-state index in [0.717, 1.165) is 16.5 Å². The van der Waals surface area contributed by atoms with Crippen molar-refractivity contribution in [2.45, 2.75) is 6.54 Å². The van der Waals surface area contributed by atoms with Crippen molar-refractivity contribution in [3.8, 4) is 0 Å². The number of para-hydroxylation sites is 1. The van der Waals surface area contributed by atoms with Crippen molar-refractivity contribution in [1.29, 1.82) is 0 Å². The van der Waals surface area contributed by atoms with Crippen LogP contribution in [0.15, 0.2) is 85.1 Å². The van der Waals surface area contributed by atoms with Gasteiger partial charge in [-0.1, -0.05) is 60.7 Å². The molecule has 1 aliphatic heterocycles. The Morgan fingerprint density at radius 2 is 1.43 bits per heavy atom. The highest BCUT2D eigenvalue weighted by Gasteiger charge is 2.33. The first-order valence-electron chi connectivity index (χ1n) is 9.60. The second kappa shape index (κ2) is 7.12. The molecule has 0 aliphatic carbocycles. The van der Waals surface area contributed by atoms with E-state index in [-0.39, 0.29) is 5.57 Å². The summed E-state index contributed by atoms with van der Waals surface area (Å²) in [6.45, 7) is 0.635. The summed E-state index contributed by atoms with van der Waals surface area (Å²) in [5, 5.41) is 3.28. The quantitative estimate of drug-likeness (QED) is 0.520. The molecule has 3 aromatic carbocycles. The molecule has 0 saturated carbocycles. The van der Waals surface area contributed by atoms with Gasteiger partial charge in [-0.2, -0.15) is 0 Å². The van der Waals surface area contributed by atoms with Gasteiger partial charge in [0.25, 0.3) is 11.8 Å². The number of halogens is 1. The van der Waals surface area contributed by atoms with E-state index >= 15 is 0 Å². The Morgan fingerprint density at radius 3 is 2.20 bits per heavy atom. The van der Waals surface area contributed by atoms with E-state index in [1.54, 1.807) is 0 Å². The lowest BCUT2D eigenvalue weighted by molar-refractivity contribution is -0.122. The molecule has 1 aliphatic rings. The third kappa shape index (κ3) is 3.01. The molecule has 0 fully saturated rings. The number of rotatable bonds is 4. The van der Waals surface area contributed by atoms with Gasteiger partial charge in [0.2, 0.25) is 0 Å². The van der Waals surface area contributed by atoms with Crippen molar-refractivity contribution >= 4 is 33.9 Å². The minimum atomic E-state index is -0.471. The number of fused-ring (bicyclic) bond motifs is 1. The molecule has 146 valence electrons. The first kappa shape index (κ1) is 18.1. The topological polar surface area (TPSA) is 51.1 Å². The number of imide groups is 1. The van der Waals surface area contributed by atoms with E-state index in [1.807, 2.05) is 60.8 Å². The van der Waals surface area contributed by atoms with Crippen LogP contribution in [0.1, 0.15) is 16.7 Å². The van der Waals surface area contributed by atoms with Gasteiger partial charge in [-0.25, -0.2) is 4.39 Å². The summed E-state index contributed by atoms with van der Waals surface area (Å²) in [5.41, 5.74) is 3.87. The summed E-state index contributed by atoms with van der Waals surface area (Å²) in [6.07, 6.45) is 1.91. The summed E-state index contributed by atoms with van der Waals surface area (Å²) < 4.78 is 15.5. The summed E-state index contributed by atoms with van der Waals surface area (Å²) in [5.74, 6) is -1.31. The SMILES string of the molecule is O=C1NC(=O)C(c2cn(Cc3ccccc3)c3ccccc23)=C1c1ccc(F)cc1. The molecular formula is C25H17FN2O2. The lowest BCUT2D eigenvalue weighted by Crippen LogP contribution is -2.22. The second-order valence-electron chi connectivity index (χ2n) is 7.21. The normalized spacial score (nSPS) is 13.9. The molecule has 2 heterocycles. The van der Waals surface area contributed by atoms with Crippen LogP contribution in [0.25, 0.3) is 22.0 Å². The molecule has 4 aromatic rings. The van der Waals surface area contributed by atoms with Crippen LogP contribution >= 0.6 is 0 Å². The zero-order chi connectivity index (χ0) is 20.7. The zero-order valence-corrected chi connectivity index (χ0v) is 15.9. The average molecular weight is 396 g/mol. The average Bonchev–Trinajstić information content (AvgIpc) is 3.26. The first-order valence-corrected chi connectivity index (χ1v) is 9.60. The maximum Gasteiger partial charge on any atom is 0.259 e. The van der Waals surface area contributed by atoms with Crippen molar-refractivity contribution in [2.75, 3.05) is 0 Å². The van der Waals surface area contributed by atoms with Crippen LogP contribution in [-0.2, 0) is 16.1 Å². The van der Waals surface area contributed by atoms with Gasteiger partial charge in [-0.3, -0.25) is 14.9 Å². The van der Waals surface area contributed by atoms with Gasteiger partial charge in [0.05, 0.1) is 11.1 Å². The van der Waals surface area contributed by atoms with Crippen LogP contribution in [0.5, 0.6) is 0 Å². The Morgan fingerprint density at radius 1 is 0.767 bits per heavy atom. The maximum atomic E-state index is 13.4. The minimum absolute atomic E-state index is 0.266. The number of nitrogens with one attached hydrogen (secondary N) is 1. The number of nitrogens with zero attached hydrogens (tertiary/aromatic N) is 1.